The number of carboxylic acid groups (broad SMARTS) is 1. The normalized spacial score (nSPS) is 11.4. The number of carbonyl (C=O) groups excluding carboxylic acids is 2. The van der Waals surface area contributed by atoms with E-state index in [0.717, 1.165) is 16.0 Å². The Morgan fingerprint density at radius 3 is 2.44 bits per heavy atom. The summed E-state index contributed by atoms with van der Waals surface area (Å²) >= 11 is 1.21. The highest BCUT2D eigenvalue weighted by atomic mass is 32.1. The Labute approximate surface area is 188 Å². The van der Waals surface area contributed by atoms with E-state index in [1.165, 1.54) is 23.5 Å². The predicted octanol–water partition coefficient (Wildman–Crippen LogP) is 4.24. The number of carbonyl (C=O) groups is 3. The van der Waals surface area contributed by atoms with Gasteiger partial charge in [-0.15, -0.1) is 0 Å². The lowest BCUT2D eigenvalue weighted by molar-refractivity contribution is -0.137. The average Bonchev–Trinajstić information content (AvgIpc) is 3.27. The molecule has 3 rings (SSSR count). The van der Waals surface area contributed by atoms with Gasteiger partial charge in [0, 0.05) is 6.20 Å². The van der Waals surface area contributed by atoms with Crippen LogP contribution >= 0.6 is 11.3 Å². The molecule has 3 N–H and O–H groups in total. The summed E-state index contributed by atoms with van der Waals surface area (Å²) in [5.41, 5.74) is 1.31. The number of amides is 1. The third-order valence-electron chi connectivity index (χ3n) is 4.66. The second kappa shape index (κ2) is 10.5. The Hall–Kier alpha value is -3.85. The molecule has 0 fully saturated rings. The van der Waals surface area contributed by atoms with Crippen molar-refractivity contribution < 1.29 is 24.2 Å². The van der Waals surface area contributed by atoms with Gasteiger partial charge in [0.05, 0.1) is 16.4 Å². The molecular formula is C23H21N3O5S. The molecule has 0 spiro atoms. The van der Waals surface area contributed by atoms with E-state index in [4.69, 9.17) is 15.3 Å². The van der Waals surface area contributed by atoms with Crippen LogP contribution in [0.1, 0.15) is 29.3 Å². The number of hydrogen-bond donors (Lipinski definition) is 3. The van der Waals surface area contributed by atoms with Crippen molar-refractivity contribution in [2.24, 2.45) is 5.92 Å². The number of aromatic carboxylic acids is 1. The number of nitrogens with one attached hydrogen (secondary N) is 2. The van der Waals surface area contributed by atoms with Crippen molar-refractivity contribution in [3.63, 3.8) is 0 Å². The Morgan fingerprint density at radius 1 is 1.12 bits per heavy atom. The van der Waals surface area contributed by atoms with Gasteiger partial charge in [0.2, 0.25) is 5.91 Å². The van der Waals surface area contributed by atoms with Gasteiger partial charge in [0.1, 0.15) is 12.3 Å². The predicted molar refractivity (Wildman–Crippen MR) is 121 cm³/mol. The highest BCUT2D eigenvalue weighted by molar-refractivity contribution is 7.19. The molecular weight excluding hydrogens is 430 g/mol. The maximum Gasteiger partial charge on any atom is 0.353 e. The minimum Gasteiger partial charge on any atom is -0.478 e. The second-order valence-corrected chi connectivity index (χ2v) is 7.87. The molecule has 0 aliphatic carbocycles. The number of rotatable bonds is 9. The van der Waals surface area contributed by atoms with E-state index in [1.54, 1.807) is 37.4 Å². The van der Waals surface area contributed by atoms with Crippen LogP contribution in [0.3, 0.4) is 0 Å². The Morgan fingerprint density at radius 2 is 1.81 bits per heavy atom. The van der Waals surface area contributed by atoms with Crippen LogP contribution in [0.4, 0.5) is 5.13 Å². The fraction of sp³-hybridized carbons (Fsp3) is 0.174. The number of hydrogen-bond acceptors (Lipinski definition) is 7. The molecule has 3 aromatic rings. The highest BCUT2D eigenvalue weighted by Crippen LogP contribution is 2.29. The number of carboxylic acids is 1. The van der Waals surface area contributed by atoms with E-state index >= 15 is 0 Å². The molecule has 1 amide bonds. The molecule has 1 aromatic heterocycles. The fourth-order valence-corrected chi connectivity index (χ4v) is 3.72. The molecule has 0 saturated heterocycles. The zero-order chi connectivity index (χ0) is 23.1. The number of ether oxygens (including phenoxy) is 1. The lowest BCUT2D eigenvalue weighted by atomic mass is 9.99. The maximum absolute atomic E-state index is 12.7. The summed E-state index contributed by atoms with van der Waals surface area (Å²) in [7, 11) is 0. The molecule has 9 heteroatoms. The zero-order valence-corrected chi connectivity index (χ0v) is 18.0. The number of anilines is 1. The number of benzene rings is 2. The SMILES string of the molecule is CC[C@@H](C(=N)C(=O)OCc1ccccc1)C(=O)Nc1ncc(-c2ccc(C(=O)O)cc2)s1. The molecule has 0 unspecified atom stereocenters. The third-order valence-corrected chi connectivity index (χ3v) is 5.62. The largest absolute Gasteiger partial charge is 0.478 e. The van der Waals surface area contributed by atoms with Crippen LogP contribution in [-0.4, -0.2) is 33.6 Å². The van der Waals surface area contributed by atoms with Crippen LogP contribution in [-0.2, 0) is 20.9 Å². The van der Waals surface area contributed by atoms with Crippen LogP contribution in [0.5, 0.6) is 0 Å². The zero-order valence-electron chi connectivity index (χ0n) is 17.2. The molecule has 0 bridgehead atoms. The van der Waals surface area contributed by atoms with Crippen molar-refractivity contribution in [2.45, 2.75) is 20.0 Å². The molecule has 0 aliphatic rings. The minimum atomic E-state index is -1.01. The highest BCUT2D eigenvalue weighted by Gasteiger charge is 2.28. The topological polar surface area (TPSA) is 129 Å². The summed E-state index contributed by atoms with van der Waals surface area (Å²) in [4.78, 5) is 40.8. The lowest BCUT2D eigenvalue weighted by Crippen LogP contribution is -2.34. The van der Waals surface area contributed by atoms with E-state index in [9.17, 15) is 14.4 Å². The van der Waals surface area contributed by atoms with Crippen LogP contribution in [0.15, 0.2) is 60.8 Å². The molecule has 0 saturated carbocycles. The first kappa shape index (κ1) is 22.8. The van der Waals surface area contributed by atoms with Gasteiger partial charge in [-0.1, -0.05) is 60.7 Å². The standard InChI is InChI=1S/C23H21N3O5S/c1-2-17(19(24)22(30)31-13-14-6-4-3-5-7-14)20(27)26-23-25-12-18(32-23)15-8-10-16(11-9-15)21(28)29/h3-12,17,24H,2,13H2,1H3,(H,28,29)(H,25,26,27)/t17-/m0/s1. The van der Waals surface area contributed by atoms with Crippen molar-refractivity contribution in [3.05, 3.63) is 71.9 Å². The summed E-state index contributed by atoms with van der Waals surface area (Å²) < 4.78 is 5.16. The molecule has 32 heavy (non-hydrogen) atoms. The van der Waals surface area contributed by atoms with E-state index in [1.807, 2.05) is 18.2 Å². The molecule has 1 atom stereocenters. The van der Waals surface area contributed by atoms with Gasteiger partial charge in [-0.3, -0.25) is 10.2 Å². The van der Waals surface area contributed by atoms with Crippen LogP contribution in [0, 0.1) is 11.3 Å². The Balaban J connectivity index is 1.61. The summed E-state index contributed by atoms with van der Waals surface area (Å²) in [5, 5.41) is 20.1. The van der Waals surface area contributed by atoms with Gasteiger partial charge >= 0.3 is 11.9 Å². The molecule has 0 radical (unpaired) electrons. The van der Waals surface area contributed by atoms with Crippen molar-refractivity contribution in [2.75, 3.05) is 5.32 Å². The van der Waals surface area contributed by atoms with E-state index in [0.29, 0.717) is 5.13 Å². The van der Waals surface area contributed by atoms with Crippen LogP contribution in [0.25, 0.3) is 10.4 Å². The van der Waals surface area contributed by atoms with E-state index in [-0.39, 0.29) is 18.6 Å². The van der Waals surface area contributed by atoms with Crippen molar-refractivity contribution in [1.82, 2.24) is 4.98 Å². The lowest BCUT2D eigenvalue weighted by Gasteiger charge is -2.14. The molecule has 2 aromatic carbocycles. The number of nitrogens with zero attached hydrogens (tertiary/aromatic N) is 1. The van der Waals surface area contributed by atoms with Gasteiger partial charge in [-0.05, 0) is 29.7 Å². The van der Waals surface area contributed by atoms with Gasteiger partial charge in [-0.2, -0.15) is 0 Å². The van der Waals surface area contributed by atoms with Gasteiger partial charge < -0.3 is 15.2 Å². The van der Waals surface area contributed by atoms with Crippen LogP contribution in [0.2, 0.25) is 0 Å². The van der Waals surface area contributed by atoms with Crippen molar-refractivity contribution in [1.29, 1.82) is 5.41 Å². The van der Waals surface area contributed by atoms with Crippen molar-refractivity contribution in [3.8, 4) is 10.4 Å². The van der Waals surface area contributed by atoms with E-state index in [2.05, 4.69) is 10.3 Å². The van der Waals surface area contributed by atoms with Gasteiger partial charge in [0.15, 0.2) is 5.13 Å². The molecule has 0 aliphatic heterocycles. The molecule has 164 valence electrons. The van der Waals surface area contributed by atoms with Gasteiger partial charge in [0.25, 0.3) is 0 Å². The maximum atomic E-state index is 12.7. The first-order valence-electron chi connectivity index (χ1n) is 9.79. The number of esters is 1. The summed E-state index contributed by atoms with van der Waals surface area (Å²) in [5.74, 6) is -3.34. The first-order chi connectivity index (χ1) is 15.4. The van der Waals surface area contributed by atoms with Crippen LogP contribution < -0.4 is 5.32 Å². The second-order valence-electron chi connectivity index (χ2n) is 6.84. The number of thiazole rings is 1. The summed E-state index contributed by atoms with van der Waals surface area (Å²) in [6, 6.07) is 15.4. The first-order valence-corrected chi connectivity index (χ1v) is 10.6. The molecule has 1 heterocycles. The summed E-state index contributed by atoms with van der Waals surface area (Å²) in [6.07, 6.45) is 1.82. The monoisotopic (exact) mass is 451 g/mol. The quantitative estimate of drug-likeness (QED) is 0.330. The third kappa shape index (κ3) is 5.64. The smallest absolute Gasteiger partial charge is 0.353 e. The Kier molecular flexibility index (Phi) is 7.45. The average molecular weight is 452 g/mol. The summed E-state index contributed by atoms with van der Waals surface area (Å²) in [6.45, 7) is 1.73. The minimum absolute atomic E-state index is 0.0244. The number of aromatic nitrogens is 1. The van der Waals surface area contributed by atoms with Gasteiger partial charge in [-0.25, -0.2) is 14.6 Å². The van der Waals surface area contributed by atoms with E-state index < -0.39 is 29.5 Å². The Bertz CT molecular complexity index is 1130. The fourth-order valence-electron chi connectivity index (χ4n) is 2.90. The molecule has 8 nitrogen and oxygen atoms in total. The van der Waals surface area contributed by atoms with Crippen molar-refractivity contribution >= 4 is 40.0 Å².